The van der Waals surface area contributed by atoms with Crippen LogP contribution < -0.4 is 10.6 Å². The molecule has 3 unspecified atom stereocenters. The first-order valence-electron chi connectivity index (χ1n) is 10.6. The van der Waals surface area contributed by atoms with Crippen molar-refractivity contribution in [2.45, 2.75) is 51.4 Å². The molecule has 0 aliphatic carbocycles. The number of hydrogen-bond acceptors (Lipinski definition) is 4. The van der Waals surface area contributed by atoms with Crippen LogP contribution in [0, 0.1) is 0 Å². The zero-order chi connectivity index (χ0) is 20.5. The number of benzene rings is 1. The number of nitrogens with zero attached hydrogens (tertiary/aromatic N) is 3. The third-order valence-electron chi connectivity index (χ3n) is 5.44. The van der Waals surface area contributed by atoms with Gasteiger partial charge >= 0.3 is 0 Å². The minimum absolute atomic E-state index is 0. The Kier molecular flexibility index (Phi) is 10.5. The highest BCUT2D eigenvalue weighted by atomic mass is 127. The van der Waals surface area contributed by atoms with E-state index in [-0.39, 0.29) is 24.0 Å². The Morgan fingerprint density at radius 3 is 2.63 bits per heavy atom. The molecule has 0 saturated carbocycles. The molecule has 7 heteroatoms. The summed E-state index contributed by atoms with van der Waals surface area (Å²) in [7, 11) is 0. The number of aliphatic hydroxyl groups is 1. The Bertz CT molecular complexity index is 759. The summed E-state index contributed by atoms with van der Waals surface area (Å²) in [6, 6.07) is 15.2. The Labute approximate surface area is 197 Å². The smallest absolute Gasteiger partial charge is 0.191 e. The summed E-state index contributed by atoms with van der Waals surface area (Å²) in [5.74, 6) is 0.773. The Morgan fingerprint density at radius 1 is 1.23 bits per heavy atom. The molecular weight excluding hydrogens is 489 g/mol. The van der Waals surface area contributed by atoms with E-state index >= 15 is 0 Å². The van der Waals surface area contributed by atoms with E-state index in [1.54, 1.807) is 12.4 Å². The molecule has 0 radical (unpaired) electrons. The van der Waals surface area contributed by atoms with Gasteiger partial charge in [0.15, 0.2) is 5.96 Å². The second-order valence-electron chi connectivity index (χ2n) is 7.69. The topological polar surface area (TPSA) is 72.8 Å². The van der Waals surface area contributed by atoms with Crippen molar-refractivity contribution in [2.75, 3.05) is 19.6 Å². The summed E-state index contributed by atoms with van der Waals surface area (Å²) in [5.41, 5.74) is 2.20. The Hall–Kier alpha value is -1.71. The number of aliphatic hydroxyl groups excluding tert-OH is 1. The monoisotopic (exact) mass is 523 g/mol. The summed E-state index contributed by atoms with van der Waals surface area (Å²) >= 11 is 0. The molecule has 3 atom stereocenters. The molecule has 0 spiro atoms. The molecule has 30 heavy (non-hydrogen) atoms. The van der Waals surface area contributed by atoms with Gasteiger partial charge in [-0.25, -0.2) is 0 Å². The molecule has 0 bridgehead atoms. The van der Waals surface area contributed by atoms with Gasteiger partial charge in [0.2, 0.25) is 0 Å². The quantitative estimate of drug-likeness (QED) is 0.295. The maximum Gasteiger partial charge on any atom is 0.191 e. The van der Waals surface area contributed by atoms with Crippen LogP contribution in [0.4, 0.5) is 0 Å². The minimum Gasteiger partial charge on any atom is -0.386 e. The van der Waals surface area contributed by atoms with Crippen LogP contribution >= 0.6 is 24.0 Å². The first-order valence-corrected chi connectivity index (χ1v) is 10.6. The predicted molar refractivity (Wildman–Crippen MR) is 133 cm³/mol. The highest BCUT2D eigenvalue weighted by Gasteiger charge is 2.26. The van der Waals surface area contributed by atoms with Gasteiger partial charge in [0, 0.05) is 44.1 Å². The van der Waals surface area contributed by atoms with E-state index in [1.807, 2.05) is 12.1 Å². The van der Waals surface area contributed by atoms with Gasteiger partial charge in [0.05, 0.1) is 12.6 Å². The Morgan fingerprint density at radius 2 is 1.97 bits per heavy atom. The van der Waals surface area contributed by atoms with Crippen LogP contribution in [0.5, 0.6) is 0 Å². The molecule has 1 aromatic heterocycles. The van der Waals surface area contributed by atoms with Crippen molar-refractivity contribution in [3.63, 3.8) is 0 Å². The van der Waals surface area contributed by atoms with Gasteiger partial charge < -0.3 is 15.7 Å². The summed E-state index contributed by atoms with van der Waals surface area (Å²) in [5, 5.41) is 17.2. The van der Waals surface area contributed by atoms with Crippen molar-refractivity contribution < 1.29 is 5.11 Å². The second kappa shape index (κ2) is 12.9. The zero-order valence-electron chi connectivity index (χ0n) is 17.9. The van der Waals surface area contributed by atoms with E-state index in [0.717, 1.165) is 44.0 Å². The fourth-order valence-corrected chi connectivity index (χ4v) is 3.79. The van der Waals surface area contributed by atoms with Crippen molar-refractivity contribution in [1.82, 2.24) is 20.5 Å². The average molecular weight is 523 g/mol. The zero-order valence-corrected chi connectivity index (χ0v) is 20.2. The van der Waals surface area contributed by atoms with Crippen molar-refractivity contribution in [3.05, 3.63) is 66.0 Å². The summed E-state index contributed by atoms with van der Waals surface area (Å²) in [6.07, 6.45) is 4.91. The van der Waals surface area contributed by atoms with Gasteiger partial charge in [-0.3, -0.25) is 14.9 Å². The maximum absolute atomic E-state index is 10.4. The lowest BCUT2D eigenvalue weighted by atomic mass is 9.97. The summed E-state index contributed by atoms with van der Waals surface area (Å²) in [4.78, 5) is 11.1. The van der Waals surface area contributed by atoms with Gasteiger partial charge in [0.1, 0.15) is 0 Å². The molecule has 2 heterocycles. The van der Waals surface area contributed by atoms with E-state index in [9.17, 15) is 5.11 Å². The molecule has 1 aliphatic heterocycles. The van der Waals surface area contributed by atoms with Crippen LogP contribution in [0.3, 0.4) is 0 Å². The third kappa shape index (κ3) is 7.52. The summed E-state index contributed by atoms with van der Waals surface area (Å²) in [6.45, 7) is 7.53. The van der Waals surface area contributed by atoms with Gasteiger partial charge in [-0.05, 0) is 49.9 Å². The fourth-order valence-electron chi connectivity index (χ4n) is 3.79. The standard InChI is InChI=1S/C23H33N5O.HI/c1-3-25-23(26-16-22(29)20-9-12-24-13-10-20)27-21-11-14-28(18(2)15-21)17-19-7-5-4-6-8-19;/h4-10,12-13,18,21-22,29H,3,11,14-17H2,1-2H3,(H2,25,26,27);1H. The lowest BCUT2D eigenvalue weighted by Gasteiger charge is -2.38. The van der Waals surface area contributed by atoms with E-state index in [4.69, 9.17) is 0 Å². The average Bonchev–Trinajstić information content (AvgIpc) is 2.75. The van der Waals surface area contributed by atoms with Crippen LogP contribution in [0.2, 0.25) is 0 Å². The van der Waals surface area contributed by atoms with Crippen LogP contribution in [0.15, 0.2) is 59.9 Å². The second-order valence-corrected chi connectivity index (χ2v) is 7.69. The van der Waals surface area contributed by atoms with E-state index < -0.39 is 6.10 Å². The van der Waals surface area contributed by atoms with Gasteiger partial charge in [-0.15, -0.1) is 24.0 Å². The van der Waals surface area contributed by atoms with Crippen LogP contribution in [0.1, 0.15) is 43.9 Å². The van der Waals surface area contributed by atoms with Gasteiger partial charge in [-0.1, -0.05) is 30.3 Å². The number of pyridine rings is 1. The van der Waals surface area contributed by atoms with Crippen LogP contribution in [-0.4, -0.2) is 52.7 Å². The molecule has 164 valence electrons. The van der Waals surface area contributed by atoms with E-state index in [0.29, 0.717) is 18.6 Å². The van der Waals surface area contributed by atoms with Crippen molar-refractivity contribution >= 4 is 29.9 Å². The lowest BCUT2D eigenvalue weighted by molar-refractivity contribution is 0.134. The van der Waals surface area contributed by atoms with Gasteiger partial charge in [0.25, 0.3) is 0 Å². The number of likely N-dealkylation sites (tertiary alicyclic amines) is 1. The van der Waals surface area contributed by atoms with Crippen LogP contribution in [-0.2, 0) is 6.54 Å². The minimum atomic E-state index is -0.625. The molecular formula is C23H34IN5O. The number of rotatable bonds is 7. The molecule has 6 nitrogen and oxygen atoms in total. The molecule has 3 N–H and O–H groups in total. The van der Waals surface area contributed by atoms with Crippen molar-refractivity contribution in [1.29, 1.82) is 0 Å². The molecule has 1 fully saturated rings. The number of piperidine rings is 1. The van der Waals surface area contributed by atoms with Crippen molar-refractivity contribution in [3.8, 4) is 0 Å². The highest BCUT2D eigenvalue weighted by Crippen LogP contribution is 2.20. The number of hydrogen-bond donors (Lipinski definition) is 3. The highest BCUT2D eigenvalue weighted by molar-refractivity contribution is 14.0. The van der Waals surface area contributed by atoms with E-state index in [2.05, 4.69) is 69.7 Å². The lowest BCUT2D eigenvalue weighted by Crippen LogP contribution is -2.51. The van der Waals surface area contributed by atoms with Crippen LogP contribution in [0.25, 0.3) is 0 Å². The van der Waals surface area contributed by atoms with Gasteiger partial charge in [-0.2, -0.15) is 0 Å². The molecule has 1 aromatic carbocycles. The number of aromatic nitrogens is 1. The summed E-state index contributed by atoms with van der Waals surface area (Å²) < 4.78 is 0. The predicted octanol–water partition coefficient (Wildman–Crippen LogP) is 3.34. The van der Waals surface area contributed by atoms with Crippen molar-refractivity contribution in [2.24, 2.45) is 4.99 Å². The molecule has 1 saturated heterocycles. The molecule has 1 aliphatic rings. The first-order chi connectivity index (χ1) is 14.2. The number of nitrogens with one attached hydrogen (secondary N) is 2. The fraction of sp³-hybridized carbons (Fsp3) is 0.478. The third-order valence-corrected chi connectivity index (χ3v) is 5.44. The number of aliphatic imine (C=N–C) groups is 1. The number of halogens is 1. The Balaban J connectivity index is 0.00000320. The van der Waals surface area contributed by atoms with E-state index in [1.165, 1.54) is 5.56 Å². The largest absolute Gasteiger partial charge is 0.386 e. The molecule has 0 amide bonds. The maximum atomic E-state index is 10.4. The SMILES string of the molecule is CCNC(=NCC(O)c1ccncc1)NC1CCN(Cc2ccccc2)C(C)C1.I. The normalized spacial score (nSPS) is 20.8. The molecule has 2 aromatic rings. The first kappa shape index (κ1) is 24.6. The number of guanidine groups is 1. The molecule has 3 rings (SSSR count).